The quantitative estimate of drug-likeness (QED) is 0.0818. The van der Waals surface area contributed by atoms with Crippen molar-refractivity contribution in [3.8, 4) is 28.4 Å². The monoisotopic (exact) mass is 520 g/mol. The van der Waals surface area contributed by atoms with Crippen molar-refractivity contribution < 1.29 is 23.8 Å². The molecule has 198 valence electrons. The first-order valence-corrected chi connectivity index (χ1v) is 13.1. The maximum atomic E-state index is 12.6. The van der Waals surface area contributed by atoms with Gasteiger partial charge in [-0.25, -0.2) is 9.59 Å². The second-order valence-electron chi connectivity index (χ2n) is 9.11. The summed E-state index contributed by atoms with van der Waals surface area (Å²) in [6.45, 7) is 6.20. The Morgan fingerprint density at radius 3 is 1.56 bits per heavy atom. The third-order valence-electron chi connectivity index (χ3n) is 6.18. The number of hydrogen-bond donors (Lipinski definition) is 0. The average Bonchev–Trinajstić information content (AvgIpc) is 2.97. The number of ether oxygens (including phenoxy) is 3. The predicted molar refractivity (Wildman–Crippen MR) is 154 cm³/mol. The highest BCUT2D eigenvalue weighted by Gasteiger charge is 2.11. The molecule has 0 radical (unpaired) electrons. The second kappa shape index (κ2) is 13.8. The molecule has 0 bridgehead atoms. The first kappa shape index (κ1) is 27.4. The number of esters is 2. The van der Waals surface area contributed by atoms with Crippen LogP contribution in [0.1, 0.15) is 52.5 Å². The van der Waals surface area contributed by atoms with Crippen LogP contribution in [0.2, 0.25) is 0 Å². The zero-order valence-electron chi connectivity index (χ0n) is 22.1. The Hall–Kier alpha value is -4.64. The lowest BCUT2D eigenvalue weighted by atomic mass is 10.1. The summed E-state index contributed by atoms with van der Waals surface area (Å²) in [7, 11) is 0. The van der Waals surface area contributed by atoms with E-state index in [0.29, 0.717) is 35.0 Å². The Labute approximate surface area is 229 Å². The highest BCUT2D eigenvalue weighted by atomic mass is 16.5. The van der Waals surface area contributed by atoms with Crippen LogP contribution in [0.15, 0.2) is 110 Å². The van der Waals surface area contributed by atoms with Gasteiger partial charge in [-0.2, -0.15) is 0 Å². The van der Waals surface area contributed by atoms with Gasteiger partial charge in [-0.3, -0.25) is 0 Å². The molecule has 0 heterocycles. The number of carbonyl (C=O) groups excluding carboxylic acids is 2. The van der Waals surface area contributed by atoms with E-state index >= 15 is 0 Å². The fourth-order valence-corrected chi connectivity index (χ4v) is 3.99. The first-order valence-electron chi connectivity index (χ1n) is 13.1. The Morgan fingerprint density at radius 1 is 0.641 bits per heavy atom. The maximum absolute atomic E-state index is 12.6. The highest BCUT2D eigenvalue weighted by Crippen LogP contribution is 2.26. The van der Waals surface area contributed by atoms with Gasteiger partial charge in [0.15, 0.2) is 0 Å². The fraction of sp³-hybridized carbons (Fsp3) is 0.176. The summed E-state index contributed by atoms with van der Waals surface area (Å²) in [6.07, 6.45) is 6.23. The minimum absolute atomic E-state index is 0.382. The van der Waals surface area contributed by atoms with Crippen molar-refractivity contribution >= 4 is 11.9 Å². The molecule has 0 spiro atoms. The average molecular weight is 521 g/mol. The number of carbonyl (C=O) groups is 2. The van der Waals surface area contributed by atoms with Crippen molar-refractivity contribution in [1.29, 1.82) is 0 Å². The molecule has 0 aliphatic carbocycles. The standard InChI is InChI=1S/C34H32O5/c1-3-5-6-7-25-8-10-28(11-9-25)33(35)38-31-20-12-26(13-21-31)27-14-22-32(23-15-27)39-34(36)29-16-18-30(19-17-29)37-24-4-2/h4,8-23H,2-3,5-7,24H2,1H3. The molecule has 0 fully saturated rings. The zero-order chi connectivity index (χ0) is 27.5. The molecule has 4 rings (SSSR count). The number of rotatable bonds is 12. The van der Waals surface area contributed by atoms with Gasteiger partial charge in [0.2, 0.25) is 0 Å². The van der Waals surface area contributed by atoms with Gasteiger partial charge in [-0.05, 0) is 90.2 Å². The lowest BCUT2D eigenvalue weighted by Crippen LogP contribution is -2.08. The van der Waals surface area contributed by atoms with Crippen LogP contribution in [0.25, 0.3) is 11.1 Å². The highest BCUT2D eigenvalue weighted by molar-refractivity contribution is 5.91. The normalized spacial score (nSPS) is 10.5. The molecule has 0 amide bonds. The number of unbranched alkanes of at least 4 members (excludes halogenated alkanes) is 2. The van der Waals surface area contributed by atoms with Crippen LogP contribution in [-0.4, -0.2) is 18.5 Å². The summed E-state index contributed by atoms with van der Waals surface area (Å²) in [4.78, 5) is 25.0. The van der Waals surface area contributed by atoms with Crippen molar-refractivity contribution in [1.82, 2.24) is 0 Å². The van der Waals surface area contributed by atoms with Crippen LogP contribution in [0.4, 0.5) is 0 Å². The van der Waals surface area contributed by atoms with Crippen molar-refractivity contribution in [2.24, 2.45) is 0 Å². The summed E-state index contributed by atoms with van der Waals surface area (Å²) in [6, 6.07) is 28.9. The van der Waals surface area contributed by atoms with Gasteiger partial charge in [0.25, 0.3) is 0 Å². The van der Waals surface area contributed by atoms with E-state index < -0.39 is 5.97 Å². The van der Waals surface area contributed by atoms with Crippen molar-refractivity contribution in [2.75, 3.05) is 6.61 Å². The van der Waals surface area contributed by atoms with Crippen molar-refractivity contribution in [3.05, 3.63) is 126 Å². The molecule has 0 N–H and O–H groups in total. The Morgan fingerprint density at radius 2 is 1.10 bits per heavy atom. The Kier molecular flexibility index (Phi) is 9.68. The van der Waals surface area contributed by atoms with Crippen molar-refractivity contribution in [3.63, 3.8) is 0 Å². The zero-order valence-corrected chi connectivity index (χ0v) is 22.1. The van der Waals surface area contributed by atoms with E-state index in [1.165, 1.54) is 18.4 Å². The maximum Gasteiger partial charge on any atom is 0.343 e. The molecular weight excluding hydrogens is 488 g/mol. The number of aryl methyl sites for hydroxylation is 1. The van der Waals surface area contributed by atoms with E-state index in [9.17, 15) is 9.59 Å². The van der Waals surface area contributed by atoms with Gasteiger partial charge in [0.05, 0.1) is 11.1 Å². The molecule has 0 aromatic heterocycles. The summed E-state index contributed by atoms with van der Waals surface area (Å²) in [5.41, 5.74) is 4.07. The van der Waals surface area contributed by atoms with Crippen LogP contribution < -0.4 is 14.2 Å². The molecule has 0 aliphatic rings. The van der Waals surface area contributed by atoms with Crippen molar-refractivity contribution in [2.45, 2.75) is 32.6 Å². The second-order valence-corrected chi connectivity index (χ2v) is 9.11. The molecule has 0 atom stereocenters. The minimum Gasteiger partial charge on any atom is -0.490 e. The summed E-state index contributed by atoms with van der Waals surface area (Å²) in [5, 5.41) is 0. The van der Waals surface area contributed by atoms with Crippen LogP contribution in [0.3, 0.4) is 0 Å². The topological polar surface area (TPSA) is 61.8 Å². The molecule has 5 nitrogen and oxygen atoms in total. The van der Waals surface area contributed by atoms with E-state index in [2.05, 4.69) is 13.5 Å². The molecule has 5 heteroatoms. The SMILES string of the molecule is C=CCOc1ccc(C(=O)Oc2ccc(-c3ccc(OC(=O)c4ccc(CCCCC)cc4)cc3)cc2)cc1. The van der Waals surface area contributed by atoms with E-state index in [0.717, 1.165) is 24.0 Å². The van der Waals surface area contributed by atoms with Gasteiger partial charge >= 0.3 is 11.9 Å². The third-order valence-corrected chi connectivity index (χ3v) is 6.18. The van der Waals surface area contributed by atoms with Crippen LogP contribution >= 0.6 is 0 Å². The molecule has 39 heavy (non-hydrogen) atoms. The molecule has 0 unspecified atom stereocenters. The minimum atomic E-state index is -0.449. The van der Waals surface area contributed by atoms with E-state index in [1.54, 1.807) is 54.6 Å². The van der Waals surface area contributed by atoms with Gasteiger partial charge in [-0.1, -0.05) is 68.8 Å². The Bertz CT molecular complexity index is 1370. The molecule has 4 aromatic rings. The van der Waals surface area contributed by atoms with Gasteiger partial charge in [0.1, 0.15) is 23.9 Å². The molecule has 0 saturated heterocycles. The molecule has 4 aromatic carbocycles. The van der Waals surface area contributed by atoms with E-state index in [4.69, 9.17) is 14.2 Å². The fourth-order valence-electron chi connectivity index (χ4n) is 3.99. The Balaban J connectivity index is 1.31. The predicted octanol–water partition coefficient (Wildman–Crippen LogP) is 8.09. The van der Waals surface area contributed by atoms with E-state index in [-0.39, 0.29) is 5.97 Å². The first-order chi connectivity index (χ1) is 19.1. The lowest BCUT2D eigenvalue weighted by molar-refractivity contribution is 0.0725. The smallest absolute Gasteiger partial charge is 0.343 e. The van der Waals surface area contributed by atoms with Gasteiger partial charge < -0.3 is 14.2 Å². The lowest BCUT2D eigenvalue weighted by Gasteiger charge is -2.08. The largest absolute Gasteiger partial charge is 0.490 e. The van der Waals surface area contributed by atoms with Crippen LogP contribution in [-0.2, 0) is 6.42 Å². The summed E-state index contributed by atoms with van der Waals surface area (Å²) < 4.78 is 16.5. The summed E-state index contributed by atoms with van der Waals surface area (Å²) >= 11 is 0. The molecule has 0 aliphatic heterocycles. The number of benzene rings is 4. The number of hydrogen-bond acceptors (Lipinski definition) is 5. The molecule has 0 saturated carbocycles. The van der Waals surface area contributed by atoms with Gasteiger partial charge in [-0.15, -0.1) is 0 Å². The summed E-state index contributed by atoms with van der Waals surface area (Å²) in [5.74, 6) is 0.742. The van der Waals surface area contributed by atoms with Crippen LogP contribution in [0, 0.1) is 0 Å². The van der Waals surface area contributed by atoms with Gasteiger partial charge in [0, 0.05) is 0 Å². The van der Waals surface area contributed by atoms with Crippen LogP contribution in [0.5, 0.6) is 17.2 Å². The molecular formula is C34H32O5. The third kappa shape index (κ3) is 7.92. The van der Waals surface area contributed by atoms with E-state index in [1.807, 2.05) is 48.5 Å².